The van der Waals surface area contributed by atoms with Crippen molar-refractivity contribution >= 4 is 22.4 Å². The molecule has 0 radical (unpaired) electrons. The third kappa shape index (κ3) is 2.75. The van der Waals surface area contributed by atoms with E-state index >= 15 is 0 Å². The fourth-order valence-corrected chi connectivity index (χ4v) is 2.16. The summed E-state index contributed by atoms with van der Waals surface area (Å²) in [5, 5.41) is 4.79. The summed E-state index contributed by atoms with van der Waals surface area (Å²) >= 11 is 0. The first-order chi connectivity index (χ1) is 10.3. The number of carbonyl (C=O) groups excluding carboxylic acids is 1. The Kier molecular flexibility index (Phi) is 3.61. The standard InChI is InChI=1S/C15H15N5O/c16-5-7-20-9-14(18-10-20)15(21)19-13-3-1-2-11-4-6-17-8-12(11)13/h1-4,6,8-10H,5,7,16H2,(H,19,21). The number of rotatable bonds is 4. The average molecular weight is 281 g/mol. The van der Waals surface area contributed by atoms with E-state index in [-0.39, 0.29) is 5.91 Å². The van der Waals surface area contributed by atoms with Gasteiger partial charge in [-0.3, -0.25) is 9.78 Å². The molecule has 21 heavy (non-hydrogen) atoms. The fraction of sp³-hybridized carbons (Fsp3) is 0.133. The van der Waals surface area contributed by atoms with Gasteiger partial charge in [-0.2, -0.15) is 0 Å². The Morgan fingerprint density at radius 3 is 3.10 bits per heavy atom. The van der Waals surface area contributed by atoms with Crippen LogP contribution in [0.15, 0.2) is 49.2 Å². The lowest BCUT2D eigenvalue weighted by molar-refractivity contribution is 0.102. The molecule has 0 aliphatic rings. The number of aromatic nitrogens is 3. The molecule has 3 aromatic rings. The van der Waals surface area contributed by atoms with E-state index in [1.165, 1.54) is 0 Å². The van der Waals surface area contributed by atoms with Gasteiger partial charge in [-0.05, 0) is 17.5 Å². The van der Waals surface area contributed by atoms with Crippen LogP contribution in [-0.4, -0.2) is 27.0 Å². The van der Waals surface area contributed by atoms with Crippen LogP contribution in [0.2, 0.25) is 0 Å². The molecule has 1 aromatic carbocycles. The summed E-state index contributed by atoms with van der Waals surface area (Å²) in [5.74, 6) is -0.248. The summed E-state index contributed by atoms with van der Waals surface area (Å²) in [5.41, 5.74) is 6.56. The van der Waals surface area contributed by atoms with Crippen molar-refractivity contribution in [3.63, 3.8) is 0 Å². The third-order valence-electron chi connectivity index (χ3n) is 3.19. The van der Waals surface area contributed by atoms with E-state index in [0.717, 1.165) is 16.5 Å². The Hall–Kier alpha value is -2.73. The number of hydrogen-bond donors (Lipinski definition) is 2. The largest absolute Gasteiger partial charge is 0.335 e. The topological polar surface area (TPSA) is 85.8 Å². The van der Waals surface area contributed by atoms with Crippen molar-refractivity contribution in [2.24, 2.45) is 5.73 Å². The number of hydrogen-bond acceptors (Lipinski definition) is 4. The highest BCUT2D eigenvalue weighted by Crippen LogP contribution is 2.22. The number of nitrogens with one attached hydrogen (secondary N) is 1. The van der Waals surface area contributed by atoms with Crippen LogP contribution in [0.3, 0.4) is 0 Å². The zero-order chi connectivity index (χ0) is 14.7. The molecule has 0 aliphatic heterocycles. The van der Waals surface area contributed by atoms with Crippen LogP contribution in [0.1, 0.15) is 10.5 Å². The van der Waals surface area contributed by atoms with Gasteiger partial charge >= 0.3 is 0 Å². The first kappa shape index (κ1) is 13.3. The molecule has 6 nitrogen and oxygen atoms in total. The van der Waals surface area contributed by atoms with E-state index < -0.39 is 0 Å². The molecule has 6 heteroatoms. The van der Waals surface area contributed by atoms with Crippen molar-refractivity contribution < 1.29 is 4.79 Å². The highest BCUT2D eigenvalue weighted by Gasteiger charge is 2.11. The zero-order valence-corrected chi connectivity index (χ0v) is 11.4. The van der Waals surface area contributed by atoms with E-state index in [0.29, 0.717) is 18.8 Å². The van der Waals surface area contributed by atoms with Crippen LogP contribution in [-0.2, 0) is 6.54 Å². The molecule has 3 N–H and O–H groups in total. The van der Waals surface area contributed by atoms with Gasteiger partial charge in [0.25, 0.3) is 5.91 Å². The normalized spacial score (nSPS) is 10.7. The maximum absolute atomic E-state index is 12.2. The van der Waals surface area contributed by atoms with Crippen LogP contribution < -0.4 is 11.1 Å². The minimum atomic E-state index is -0.248. The number of carbonyl (C=O) groups is 1. The maximum Gasteiger partial charge on any atom is 0.275 e. The van der Waals surface area contributed by atoms with Crippen LogP contribution >= 0.6 is 0 Å². The van der Waals surface area contributed by atoms with Gasteiger partial charge in [0.05, 0.1) is 12.0 Å². The van der Waals surface area contributed by atoms with E-state index in [1.54, 1.807) is 29.5 Å². The lowest BCUT2D eigenvalue weighted by Gasteiger charge is -2.06. The Morgan fingerprint density at radius 1 is 1.33 bits per heavy atom. The Bertz CT molecular complexity index is 775. The van der Waals surface area contributed by atoms with E-state index in [9.17, 15) is 4.79 Å². The van der Waals surface area contributed by atoms with Crippen LogP contribution in [0.25, 0.3) is 10.8 Å². The molecule has 0 saturated carbocycles. The smallest absolute Gasteiger partial charge is 0.275 e. The van der Waals surface area contributed by atoms with Gasteiger partial charge in [0.1, 0.15) is 5.69 Å². The molecule has 0 bridgehead atoms. The minimum absolute atomic E-state index is 0.248. The van der Waals surface area contributed by atoms with Gasteiger partial charge in [0.2, 0.25) is 0 Å². The predicted molar refractivity (Wildman–Crippen MR) is 81.0 cm³/mol. The molecule has 0 fully saturated rings. The Labute approximate surface area is 121 Å². The average Bonchev–Trinajstić information content (AvgIpc) is 2.97. The fourth-order valence-electron chi connectivity index (χ4n) is 2.16. The molecular weight excluding hydrogens is 266 g/mol. The quantitative estimate of drug-likeness (QED) is 0.761. The van der Waals surface area contributed by atoms with Crippen molar-refractivity contribution in [2.45, 2.75) is 6.54 Å². The number of fused-ring (bicyclic) bond motifs is 1. The molecular formula is C15H15N5O. The van der Waals surface area contributed by atoms with Gasteiger partial charge in [-0.25, -0.2) is 4.98 Å². The van der Waals surface area contributed by atoms with Crippen molar-refractivity contribution in [1.29, 1.82) is 0 Å². The summed E-state index contributed by atoms with van der Waals surface area (Å²) in [6.45, 7) is 1.14. The van der Waals surface area contributed by atoms with Crippen LogP contribution in [0.4, 0.5) is 5.69 Å². The SMILES string of the molecule is NCCn1cnc(C(=O)Nc2cccc3ccncc23)c1. The van der Waals surface area contributed by atoms with Crippen molar-refractivity contribution in [3.05, 3.63) is 54.9 Å². The number of imidazole rings is 1. The van der Waals surface area contributed by atoms with Crippen molar-refractivity contribution in [3.8, 4) is 0 Å². The van der Waals surface area contributed by atoms with Gasteiger partial charge in [0, 0.05) is 37.1 Å². The number of nitrogens with zero attached hydrogens (tertiary/aromatic N) is 3. The minimum Gasteiger partial charge on any atom is -0.335 e. The monoisotopic (exact) mass is 281 g/mol. The predicted octanol–water partition coefficient (Wildman–Crippen LogP) is 1.64. The third-order valence-corrected chi connectivity index (χ3v) is 3.19. The summed E-state index contributed by atoms with van der Waals surface area (Å²) in [4.78, 5) is 20.4. The molecule has 2 aromatic heterocycles. The second kappa shape index (κ2) is 5.72. The molecule has 1 amide bonds. The molecule has 0 saturated heterocycles. The summed E-state index contributed by atoms with van der Waals surface area (Å²) in [6, 6.07) is 7.62. The maximum atomic E-state index is 12.2. The van der Waals surface area contributed by atoms with E-state index in [4.69, 9.17) is 5.73 Å². The zero-order valence-electron chi connectivity index (χ0n) is 11.4. The van der Waals surface area contributed by atoms with E-state index in [1.807, 2.05) is 24.3 Å². The molecule has 0 unspecified atom stereocenters. The molecule has 0 atom stereocenters. The summed E-state index contributed by atoms with van der Waals surface area (Å²) in [7, 11) is 0. The van der Waals surface area contributed by atoms with Gasteiger partial charge in [-0.1, -0.05) is 12.1 Å². The number of benzene rings is 1. The van der Waals surface area contributed by atoms with E-state index in [2.05, 4.69) is 15.3 Å². The van der Waals surface area contributed by atoms with Crippen molar-refractivity contribution in [1.82, 2.24) is 14.5 Å². The second-order valence-electron chi connectivity index (χ2n) is 4.64. The number of nitrogens with two attached hydrogens (primary N) is 1. The highest BCUT2D eigenvalue weighted by atomic mass is 16.1. The van der Waals surface area contributed by atoms with Gasteiger partial charge in [-0.15, -0.1) is 0 Å². The number of amides is 1. The highest BCUT2D eigenvalue weighted by molar-refractivity contribution is 6.07. The lowest BCUT2D eigenvalue weighted by atomic mass is 10.1. The number of pyridine rings is 1. The van der Waals surface area contributed by atoms with Crippen molar-refractivity contribution in [2.75, 3.05) is 11.9 Å². The van der Waals surface area contributed by atoms with Crippen LogP contribution in [0, 0.1) is 0 Å². The summed E-state index contributed by atoms with van der Waals surface area (Å²) in [6.07, 6.45) is 6.75. The Morgan fingerprint density at radius 2 is 2.24 bits per heavy atom. The molecule has 2 heterocycles. The first-order valence-corrected chi connectivity index (χ1v) is 6.64. The van der Waals surface area contributed by atoms with Gasteiger partial charge in [0.15, 0.2) is 0 Å². The molecule has 106 valence electrons. The first-order valence-electron chi connectivity index (χ1n) is 6.64. The van der Waals surface area contributed by atoms with Gasteiger partial charge < -0.3 is 15.6 Å². The van der Waals surface area contributed by atoms with Crippen LogP contribution in [0.5, 0.6) is 0 Å². The summed E-state index contributed by atoms with van der Waals surface area (Å²) < 4.78 is 1.79. The molecule has 0 aliphatic carbocycles. The Balaban J connectivity index is 1.85. The lowest BCUT2D eigenvalue weighted by Crippen LogP contribution is -2.13. The number of anilines is 1. The molecule has 0 spiro atoms. The second-order valence-corrected chi connectivity index (χ2v) is 4.64. The molecule has 3 rings (SSSR count).